The minimum absolute atomic E-state index is 0.0352. The molecule has 1 N–H and O–H groups in total. The molecule has 0 aliphatic heterocycles. The van der Waals surface area contributed by atoms with E-state index in [1.165, 1.54) is 12.8 Å². The first-order valence-electron chi connectivity index (χ1n) is 7.37. The van der Waals surface area contributed by atoms with E-state index in [0.717, 1.165) is 19.4 Å². The van der Waals surface area contributed by atoms with Crippen LogP contribution in [0.3, 0.4) is 0 Å². The standard InChI is InChI=1S/C15H25NO3/c1-10(2)15(3,14(18)19)8-13(17)16(12-6-7-12)9-11-4-5-11/h10-12H,4-9H2,1-3H3,(H,18,19). The van der Waals surface area contributed by atoms with Crippen LogP contribution in [0, 0.1) is 17.3 Å². The van der Waals surface area contributed by atoms with Gasteiger partial charge in [-0.1, -0.05) is 13.8 Å². The Bertz CT molecular complexity index is 372. The molecule has 4 heteroatoms. The van der Waals surface area contributed by atoms with Crippen molar-refractivity contribution in [3.8, 4) is 0 Å². The molecule has 2 rings (SSSR count). The quantitative estimate of drug-likeness (QED) is 0.771. The summed E-state index contributed by atoms with van der Waals surface area (Å²) >= 11 is 0. The Hall–Kier alpha value is -1.06. The Morgan fingerprint density at radius 3 is 2.21 bits per heavy atom. The molecule has 4 nitrogen and oxygen atoms in total. The van der Waals surface area contributed by atoms with E-state index < -0.39 is 11.4 Å². The Morgan fingerprint density at radius 1 is 1.26 bits per heavy atom. The molecule has 0 heterocycles. The Morgan fingerprint density at radius 2 is 1.84 bits per heavy atom. The van der Waals surface area contributed by atoms with E-state index in [4.69, 9.17) is 0 Å². The first kappa shape index (κ1) is 14.4. The number of aliphatic carboxylic acids is 1. The van der Waals surface area contributed by atoms with Crippen molar-refractivity contribution in [1.82, 2.24) is 4.90 Å². The Balaban J connectivity index is 2.02. The molecule has 2 aliphatic rings. The van der Waals surface area contributed by atoms with Gasteiger partial charge in [-0.3, -0.25) is 9.59 Å². The minimum atomic E-state index is -0.951. The zero-order valence-electron chi connectivity index (χ0n) is 12.2. The highest BCUT2D eigenvalue weighted by Crippen LogP contribution is 2.38. The highest BCUT2D eigenvalue weighted by Gasteiger charge is 2.43. The van der Waals surface area contributed by atoms with E-state index in [0.29, 0.717) is 12.0 Å². The van der Waals surface area contributed by atoms with Crippen molar-refractivity contribution < 1.29 is 14.7 Å². The van der Waals surface area contributed by atoms with Gasteiger partial charge in [-0.05, 0) is 44.4 Å². The molecule has 1 amide bonds. The molecule has 0 aromatic carbocycles. The summed E-state index contributed by atoms with van der Waals surface area (Å²) in [6.07, 6.45) is 4.74. The molecule has 2 aliphatic carbocycles. The molecular formula is C15H25NO3. The first-order valence-corrected chi connectivity index (χ1v) is 7.37. The molecule has 19 heavy (non-hydrogen) atoms. The van der Waals surface area contributed by atoms with Gasteiger partial charge in [0, 0.05) is 19.0 Å². The van der Waals surface area contributed by atoms with Gasteiger partial charge >= 0.3 is 5.97 Å². The molecule has 1 unspecified atom stereocenters. The van der Waals surface area contributed by atoms with E-state index >= 15 is 0 Å². The van der Waals surface area contributed by atoms with Gasteiger partial charge in [-0.25, -0.2) is 0 Å². The second kappa shape index (κ2) is 5.14. The van der Waals surface area contributed by atoms with Crippen LogP contribution in [0.5, 0.6) is 0 Å². The number of nitrogens with zero attached hydrogens (tertiary/aromatic N) is 1. The van der Waals surface area contributed by atoms with Gasteiger partial charge in [0.25, 0.3) is 0 Å². The average Bonchev–Trinajstić information content (AvgIpc) is 3.17. The fraction of sp³-hybridized carbons (Fsp3) is 0.867. The fourth-order valence-corrected chi connectivity index (χ4v) is 2.36. The van der Waals surface area contributed by atoms with Crippen LogP contribution in [0.25, 0.3) is 0 Å². The zero-order valence-corrected chi connectivity index (χ0v) is 12.2. The van der Waals surface area contributed by atoms with Crippen molar-refractivity contribution in [3.05, 3.63) is 0 Å². The Kier molecular flexibility index (Phi) is 3.88. The summed E-state index contributed by atoms with van der Waals surface area (Å²) < 4.78 is 0. The number of rotatable bonds is 7. The van der Waals surface area contributed by atoms with Crippen LogP contribution in [0.15, 0.2) is 0 Å². The molecule has 0 radical (unpaired) electrons. The smallest absolute Gasteiger partial charge is 0.310 e. The van der Waals surface area contributed by atoms with Crippen LogP contribution >= 0.6 is 0 Å². The van der Waals surface area contributed by atoms with Gasteiger partial charge < -0.3 is 10.0 Å². The molecule has 0 spiro atoms. The van der Waals surface area contributed by atoms with Crippen molar-refractivity contribution >= 4 is 11.9 Å². The van der Waals surface area contributed by atoms with Crippen LogP contribution in [0.1, 0.15) is 52.9 Å². The molecule has 2 saturated carbocycles. The average molecular weight is 267 g/mol. The van der Waals surface area contributed by atoms with Crippen molar-refractivity contribution in [3.63, 3.8) is 0 Å². The monoisotopic (exact) mass is 267 g/mol. The van der Waals surface area contributed by atoms with Crippen molar-refractivity contribution in [2.24, 2.45) is 17.3 Å². The second-order valence-corrected chi connectivity index (χ2v) is 6.77. The number of carbonyl (C=O) groups excluding carboxylic acids is 1. The summed E-state index contributed by atoms with van der Waals surface area (Å²) in [5.41, 5.74) is -0.951. The molecular weight excluding hydrogens is 242 g/mol. The zero-order chi connectivity index (χ0) is 14.2. The number of carboxylic acid groups (broad SMARTS) is 1. The number of hydrogen-bond donors (Lipinski definition) is 1. The van der Waals surface area contributed by atoms with Crippen LogP contribution in [0.2, 0.25) is 0 Å². The second-order valence-electron chi connectivity index (χ2n) is 6.77. The van der Waals surface area contributed by atoms with Crippen molar-refractivity contribution in [2.75, 3.05) is 6.54 Å². The minimum Gasteiger partial charge on any atom is -0.481 e. The fourth-order valence-electron chi connectivity index (χ4n) is 2.36. The normalized spacial score (nSPS) is 22.1. The molecule has 0 bridgehead atoms. The summed E-state index contributed by atoms with van der Waals surface area (Å²) in [6, 6.07) is 0.387. The van der Waals surface area contributed by atoms with Crippen LogP contribution < -0.4 is 0 Å². The lowest BCUT2D eigenvalue weighted by Crippen LogP contribution is -2.42. The highest BCUT2D eigenvalue weighted by molar-refractivity contribution is 5.85. The van der Waals surface area contributed by atoms with E-state index in [2.05, 4.69) is 0 Å². The maximum Gasteiger partial charge on any atom is 0.310 e. The van der Waals surface area contributed by atoms with Gasteiger partial charge in [-0.15, -0.1) is 0 Å². The summed E-state index contributed by atoms with van der Waals surface area (Å²) in [4.78, 5) is 25.9. The summed E-state index contributed by atoms with van der Waals surface area (Å²) in [7, 11) is 0. The third-order valence-electron chi connectivity index (χ3n) is 4.74. The predicted octanol–water partition coefficient (Wildman–Crippen LogP) is 2.52. The third-order valence-corrected chi connectivity index (χ3v) is 4.74. The summed E-state index contributed by atoms with van der Waals surface area (Å²) in [5, 5.41) is 9.41. The van der Waals surface area contributed by atoms with Gasteiger partial charge in [0.15, 0.2) is 0 Å². The SMILES string of the molecule is CC(C)C(C)(CC(=O)N(CC1CC1)C1CC1)C(=O)O. The van der Waals surface area contributed by atoms with E-state index in [1.807, 2.05) is 18.7 Å². The van der Waals surface area contributed by atoms with Gasteiger partial charge in [-0.2, -0.15) is 0 Å². The molecule has 2 fully saturated rings. The van der Waals surface area contributed by atoms with E-state index in [9.17, 15) is 14.7 Å². The van der Waals surface area contributed by atoms with E-state index in [-0.39, 0.29) is 18.2 Å². The molecule has 108 valence electrons. The lowest BCUT2D eigenvalue weighted by Gasteiger charge is -2.32. The van der Waals surface area contributed by atoms with Crippen molar-refractivity contribution in [1.29, 1.82) is 0 Å². The van der Waals surface area contributed by atoms with Gasteiger partial charge in [0.05, 0.1) is 5.41 Å². The maximum atomic E-state index is 12.5. The topological polar surface area (TPSA) is 57.6 Å². The van der Waals surface area contributed by atoms with Crippen LogP contribution in [0.4, 0.5) is 0 Å². The number of amides is 1. The largest absolute Gasteiger partial charge is 0.481 e. The third kappa shape index (κ3) is 3.28. The first-order chi connectivity index (χ1) is 8.84. The molecule has 1 atom stereocenters. The lowest BCUT2D eigenvalue weighted by atomic mass is 9.76. The Labute approximate surface area is 115 Å². The molecule has 0 saturated heterocycles. The molecule has 0 aromatic rings. The van der Waals surface area contributed by atoms with Crippen molar-refractivity contribution in [2.45, 2.75) is 58.9 Å². The number of hydrogen-bond acceptors (Lipinski definition) is 2. The number of carboxylic acids is 1. The lowest BCUT2D eigenvalue weighted by molar-refractivity contribution is -0.155. The van der Waals surface area contributed by atoms with Gasteiger partial charge in [0.2, 0.25) is 5.91 Å². The highest BCUT2D eigenvalue weighted by atomic mass is 16.4. The van der Waals surface area contributed by atoms with Crippen LogP contribution in [-0.4, -0.2) is 34.5 Å². The number of carbonyl (C=O) groups is 2. The summed E-state index contributed by atoms with van der Waals surface area (Å²) in [5.74, 6) is -0.207. The molecule has 0 aromatic heterocycles. The maximum absolute atomic E-state index is 12.5. The van der Waals surface area contributed by atoms with Gasteiger partial charge in [0.1, 0.15) is 0 Å². The van der Waals surface area contributed by atoms with E-state index in [1.54, 1.807) is 6.92 Å². The predicted molar refractivity (Wildman–Crippen MR) is 72.7 cm³/mol. The van der Waals surface area contributed by atoms with Crippen LogP contribution in [-0.2, 0) is 9.59 Å². The summed E-state index contributed by atoms with van der Waals surface area (Å²) in [6.45, 7) is 6.30.